The minimum atomic E-state index is 0.746. The van der Waals surface area contributed by atoms with E-state index >= 15 is 0 Å². The van der Waals surface area contributed by atoms with Crippen molar-refractivity contribution in [1.82, 2.24) is 0 Å². The molecule has 0 saturated heterocycles. The lowest BCUT2D eigenvalue weighted by Crippen LogP contribution is -2.03. The van der Waals surface area contributed by atoms with Crippen LogP contribution >= 0.6 is 0 Å². The number of hydrogen-bond donors (Lipinski definition) is 0. The molecule has 0 amide bonds. The third kappa shape index (κ3) is 9.15. The van der Waals surface area contributed by atoms with Crippen LogP contribution < -0.4 is 0 Å². The van der Waals surface area contributed by atoms with E-state index in [-0.39, 0.29) is 0 Å². The lowest BCUT2D eigenvalue weighted by atomic mass is 9.93. The van der Waals surface area contributed by atoms with Gasteiger partial charge in [0.05, 0.1) is 11.4 Å². The van der Waals surface area contributed by atoms with Gasteiger partial charge in [0.25, 0.3) is 0 Å². The number of nitrogens with zero attached hydrogens (tertiary/aromatic N) is 1. The zero-order valence-corrected chi connectivity index (χ0v) is 32.0. The van der Waals surface area contributed by atoms with E-state index in [1.807, 2.05) is 6.08 Å². The molecule has 6 aromatic carbocycles. The highest BCUT2D eigenvalue weighted by Crippen LogP contribution is 2.30. The zero-order chi connectivity index (χ0) is 38.0. The van der Waals surface area contributed by atoms with Crippen LogP contribution in [0.2, 0.25) is 0 Å². The molecule has 0 unspecified atom stereocenters. The Bertz CT molecular complexity index is 2500. The van der Waals surface area contributed by atoms with E-state index in [0.717, 1.165) is 35.4 Å². The van der Waals surface area contributed by atoms with Crippen LogP contribution in [0.25, 0.3) is 45.7 Å². The molecule has 0 spiro atoms. The van der Waals surface area contributed by atoms with E-state index in [1.54, 1.807) is 0 Å². The number of fused-ring (bicyclic) bond motifs is 1. The second kappa shape index (κ2) is 17.5. The number of aliphatic imine (C=N–C) groups is 1. The van der Waals surface area contributed by atoms with E-state index in [1.165, 1.54) is 66.8 Å². The van der Waals surface area contributed by atoms with Crippen LogP contribution in [-0.4, -0.2) is 5.71 Å². The van der Waals surface area contributed by atoms with Crippen LogP contribution in [0.5, 0.6) is 0 Å². The zero-order valence-electron chi connectivity index (χ0n) is 32.0. The molecule has 0 bridgehead atoms. The van der Waals surface area contributed by atoms with Crippen molar-refractivity contribution in [3.8, 4) is 22.3 Å². The first-order valence-electron chi connectivity index (χ1n) is 19.1. The summed E-state index contributed by atoms with van der Waals surface area (Å²) >= 11 is 0. The Morgan fingerprint density at radius 3 is 2.20 bits per heavy atom. The monoisotopic (exact) mass is 709 g/mol. The van der Waals surface area contributed by atoms with Crippen LogP contribution in [0.15, 0.2) is 199 Å². The predicted molar refractivity (Wildman–Crippen MR) is 239 cm³/mol. The van der Waals surface area contributed by atoms with Crippen molar-refractivity contribution in [1.29, 1.82) is 0 Å². The minimum absolute atomic E-state index is 0.746. The molecule has 1 nitrogen and oxygen atoms in total. The van der Waals surface area contributed by atoms with E-state index < -0.39 is 0 Å². The molecule has 6 aromatic rings. The van der Waals surface area contributed by atoms with Crippen molar-refractivity contribution in [2.45, 2.75) is 33.6 Å². The molecule has 0 aliphatic heterocycles. The third-order valence-corrected chi connectivity index (χ3v) is 10.1. The number of aryl methyl sites for hydroxylation is 1. The first-order chi connectivity index (χ1) is 26.9. The maximum atomic E-state index is 5.04. The molecule has 0 fully saturated rings. The summed E-state index contributed by atoms with van der Waals surface area (Å²) in [5.74, 6) is 0. The fourth-order valence-electron chi connectivity index (χ4n) is 7.26. The first-order valence-corrected chi connectivity index (χ1v) is 19.1. The number of benzene rings is 6. The summed E-state index contributed by atoms with van der Waals surface area (Å²) in [6.07, 6.45) is 19.0. The Balaban J connectivity index is 0.000000449. The molecule has 0 aromatic heterocycles. The maximum absolute atomic E-state index is 5.04. The highest BCUT2D eigenvalue weighted by Gasteiger charge is 2.13. The van der Waals surface area contributed by atoms with Gasteiger partial charge in [-0.2, -0.15) is 0 Å². The fourth-order valence-corrected chi connectivity index (χ4v) is 7.26. The van der Waals surface area contributed by atoms with Gasteiger partial charge in [-0.25, -0.2) is 4.99 Å². The molecule has 2 aliphatic rings. The second-order valence-corrected chi connectivity index (χ2v) is 14.1. The van der Waals surface area contributed by atoms with Crippen molar-refractivity contribution >= 4 is 29.1 Å². The maximum Gasteiger partial charge on any atom is 0.0712 e. The largest absolute Gasteiger partial charge is 0.248 e. The van der Waals surface area contributed by atoms with Crippen molar-refractivity contribution in [3.05, 3.63) is 239 Å². The van der Waals surface area contributed by atoms with Crippen molar-refractivity contribution in [2.24, 2.45) is 4.99 Å². The number of allylic oxidation sites excluding steroid dienone is 8. The molecular weight excluding hydrogens is 663 g/mol. The van der Waals surface area contributed by atoms with Crippen LogP contribution in [-0.2, 0) is 12.8 Å². The Labute approximate surface area is 327 Å². The van der Waals surface area contributed by atoms with Crippen LogP contribution in [0.1, 0.15) is 58.4 Å². The molecule has 0 N–H and O–H groups in total. The molecule has 8 rings (SSSR count). The topological polar surface area (TPSA) is 12.4 Å². The summed E-state index contributed by atoms with van der Waals surface area (Å²) in [5, 5.41) is 0. The van der Waals surface area contributed by atoms with Gasteiger partial charge in [-0.1, -0.05) is 194 Å². The summed E-state index contributed by atoms with van der Waals surface area (Å²) in [7, 11) is 0. The van der Waals surface area contributed by atoms with E-state index in [4.69, 9.17) is 4.99 Å². The lowest BCUT2D eigenvalue weighted by Gasteiger charge is -2.14. The standard InChI is InChI=1S/C45H39N.C9H8/c1-5-14-37-17-9-10-18-41(37)29-35-27-32(2)28-43(30-35)39-25-23-36(24-26-39)34(4)46-45-22-12-11-21-44(45)33(3)40-19-13-20-42(31-40)38-15-7-6-8-16-38;1-2-5-9-7-3-6-8(9)4-1/h5-28,30-31H,4,29H2,1-3H3;1-6H,7H2/b14-5-,44-33+,46-45?;. The Morgan fingerprint density at radius 1 is 0.655 bits per heavy atom. The average Bonchev–Trinajstić information content (AvgIpc) is 3.71. The summed E-state index contributed by atoms with van der Waals surface area (Å²) in [5.41, 5.74) is 19.0. The van der Waals surface area contributed by atoms with Gasteiger partial charge >= 0.3 is 0 Å². The van der Waals surface area contributed by atoms with Gasteiger partial charge in [0, 0.05) is 5.57 Å². The molecule has 0 heterocycles. The van der Waals surface area contributed by atoms with Crippen LogP contribution in [0, 0.1) is 6.92 Å². The van der Waals surface area contributed by atoms with E-state index in [2.05, 4.69) is 215 Å². The van der Waals surface area contributed by atoms with Gasteiger partial charge in [-0.15, -0.1) is 0 Å². The van der Waals surface area contributed by atoms with Crippen LogP contribution in [0.4, 0.5) is 0 Å². The Kier molecular flexibility index (Phi) is 11.7. The quantitative estimate of drug-likeness (QED) is 0.149. The SMILES string of the molecule is C1=Cc2ccccc2C1.C=C(N=C1C=CC=C/C1=C(/C)c1cccc(-c2ccccc2)c1)c1ccc(-c2cc(C)cc(Cc3ccccc3/C=C\C)c2)cc1. The lowest BCUT2D eigenvalue weighted by molar-refractivity contribution is 1.17. The normalized spacial score (nSPS) is 14.5. The number of rotatable bonds is 8. The first kappa shape index (κ1) is 36.8. The summed E-state index contributed by atoms with van der Waals surface area (Å²) in [4.78, 5) is 5.04. The smallest absolute Gasteiger partial charge is 0.0712 e. The number of hydrogen-bond acceptors (Lipinski definition) is 1. The molecule has 0 saturated carbocycles. The van der Waals surface area contributed by atoms with Crippen molar-refractivity contribution < 1.29 is 0 Å². The molecule has 1 heteroatoms. The summed E-state index contributed by atoms with van der Waals surface area (Å²) in [6, 6.07) is 51.8. The van der Waals surface area contributed by atoms with Gasteiger partial charge in [-0.3, -0.25) is 0 Å². The third-order valence-electron chi connectivity index (χ3n) is 10.1. The van der Waals surface area contributed by atoms with Crippen molar-refractivity contribution in [3.63, 3.8) is 0 Å². The molecule has 268 valence electrons. The molecule has 55 heavy (non-hydrogen) atoms. The van der Waals surface area contributed by atoms with Gasteiger partial charge in [-0.05, 0) is 113 Å². The van der Waals surface area contributed by atoms with Crippen molar-refractivity contribution in [2.75, 3.05) is 0 Å². The van der Waals surface area contributed by atoms with Gasteiger partial charge < -0.3 is 0 Å². The highest BCUT2D eigenvalue weighted by molar-refractivity contribution is 6.17. The van der Waals surface area contributed by atoms with Gasteiger partial charge in [0.1, 0.15) is 0 Å². The van der Waals surface area contributed by atoms with Gasteiger partial charge in [0.2, 0.25) is 0 Å². The molecule has 0 atom stereocenters. The van der Waals surface area contributed by atoms with Crippen LogP contribution in [0.3, 0.4) is 0 Å². The predicted octanol–water partition coefficient (Wildman–Crippen LogP) is 14.2. The van der Waals surface area contributed by atoms with E-state index in [9.17, 15) is 0 Å². The Morgan fingerprint density at radius 2 is 1.38 bits per heavy atom. The molecule has 2 aliphatic carbocycles. The molecule has 0 radical (unpaired) electrons. The second-order valence-electron chi connectivity index (χ2n) is 14.1. The fraction of sp³-hybridized carbons (Fsp3) is 0.0926. The minimum Gasteiger partial charge on any atom is -0.248 e. The summed E-state index contributed by atoms with van der Waals surface area (Å²) < 4.78 is 0. The Hall–Kier alpha value is -6.57. The summed E-state index contributed by atoms with van der Waals surface area (Å²) in [6.45, 7) is 10.8. The molecular formula is C54H47N. The van der Waals surface area contributed by atoms with Gasteiger partial charge in [0.15, 0.2) is 0 Å². The highest BCUT2D eigenvalue weighted by atomic mass is 14.8. The average molecular weight is 710 g/mol. The van der Waals surface area contributed by atoms with E-state index in [0.29, 0.717) is 0 Å².